The number of hydrogen-bond donors (Lipinski definition) is 2. The zero-order valence-corrected chi connectivity index (χ0v) is 17.2. The molecule has 0 bridgehead atoms. The molecular formula is C18H28ClN5O3. The fourth-order valence-corrected chi connectivity index (χ4v) is 2.61. The Bertz CT molecular complexity index is 761. The summed E-state index contributed by atoms with van der Waals surface area (Å²) in [5, 5.41) is 7.31. The van der Waals surface area contributed by atoms with Gasteiger partial charge in [-0.2, -0.15) is 5.10 Å². The van der Waals surface area contributed by atoms with E-state index in [-0.39, 0.29) is 36.9 Å². The molecule has 1 amide bonds. The number of nitrogens with two attached hydrogens (primary N) is 1. The van der Waals surface area contributed by atoms with E-state index in [1.54, 1.807) is 18.9 Å². The van der Waals surface area contributed by atoms with Gasteiger partial charge in [-0.05, 0) is 38.5 Å². The highest BCUT2D eigenvalue weighted by atomic mass is 35.5. The van der Waals surface area contributed by atoms with Crippen molar-refractivity contribution in [3.8, 4) is 11.5 Å². The van der Waals surface area contributed by atoms with Gasteiger partial charge in [0, 0.05) is 12.5 Å². The SMILES string of the molecule is COc1ccc(Cc2nc([C@@H](C)N)n(CC(=O)NC(C)C)n2)cc1OC.Cl. The van der Waals surface area contributed by atoms with Gasteiger partial charge >= 0.3 is 0 Å². The lowest BCUT2D eigenvalue weighted by Gasteiger charge is -2.10. The van der Waals surface area contributed by atoms with Crippen LogP contribution in [-0.4, -0.2) is 40.9 Å². The Morgan fingerprint density at radius 2 is 1.89 bits per heavy atom. The lowest BCUT2D eigenvalue weighted by molar-refractivity contribution is -0.122. The molecule has 3 N–H and O–H groups in total. The number of rotatable bonds is 8. The zero-order chi connectivity index (χ0) is 19.3. The summed E-state index contributed by atoms with van der Waals surface area (Å²) in [5.74, 6) is 2.37. The average Bonchev–Trinajstić information content (AvgIpc) is 2.96. The molecule has 0 radical (unpaired) electrons. The van der Waals surface area contributed by atoms with Crippen LogP contribution in [0.3, 0.4) is 0 Å². The average molecular weight is 398 g/mol. The third-order valence-electron chi connectivity index (χ3n) is 3.70. The van der Waals surface area contributed by atoms with Crippen LogP contribution in [0.5, 0.6) is 11.5 Å². The summed E-state index contributed by atoms with van der Waals surface area (Å²) >= 11 is 0. The fourth-order valence-electron chi connectivity index (χ4n) is 2.61. The summed E-state index contributed by atoms with van der Waals surface area (Å²) in [6.45, 7) is 5.73. The highest BCUT2D eigenvalue weighted by Crippen LogP contribution is 2.28. The fraction of sp³-hybridized carbons (Fsp3) is 0.500. The first-order valence-corrected chi connectivity index (χ1v) is 8.53. The normalized spacial score (nSPS) is 11.7. The number of hydrogen-bond acceptors (Lipinski definition) is 6. The van der Waals surface area contributed by atoms with Gasteiger partial charge in [0.15, 0.2) is 17.3 Å². The predicted octanol–water partition coefficient (Wildman–Crippen LogP) is 1.85. The van der Waals surface area contributed by atoms with E-state index in [2.05, 4.69) is 15.4 Å². The Balaban J connectivity index is 0.00000364. The van der Waals surface area contributed by atoms with E-state index in [1.165, 1.54) is 0 Å². The smallest absolute Gasteiger partial charge is 0.242 e. The number of nitrogens with one attached hydrogen (secondary N) is 1. The van der Waals surface area contributed by atoms with Gasteiger partial charge in [-0.3, -0.25) is 4.79 Å². The van der Waals surface area contributed by atoms with E-state index in [0.717, 1.165) is 5.56 Å². The lowest BCUT2D eigenvalue weighted by Crippen LogP contribution is -2.34. The van der Waals surface area contributed by atoms with E-state index >= 15 is 0 Å². The van der Waals surface area contributed by atoms with Crippen molar-refractivity contribution >= 4 is 18.3 Å². The number of nitrogens with zero attached hydrogens (tertiary/aromatic N) is 3. The topological polar surface area (TPSA) is 104 Å². The number of carbonyl (C=O) groups is 1. The molecule has 0 saturated heterocycles. The Morgan fingerprint density at radius 3 is 2.44 bits per heavy atom. The molecule has 2 rings (SSSR count). The summed E-state index contributed by atoms with van der Waals surface area (Å²) < 4.78 is 12.1. The summed E-state index contributed by atoms with van der Waals surface area (Å²) in [5.41, 5.74) is 6.96. The van der Waals surface area contributed by atoms with Gasteiger partial charge in [0.05, 0.1) is 20.3 Å². The highest BCUT2D eigenvalue weighted by molar-refractivity contribution is 5.85. The first-order valence-electron chi connectivity index (χ1n) is 8.53. The molecule has 1 aromatic carbocycles. The molecule has 1 aromatic heterocycles. The molecule has 0 aliphatic rings. The molecular weight excluding hydrogens is 370 g/mol. The van der Waals surface area contributed by atoms with Crippen LogP contribution in [0.2, 0.25) is 0 Å². The molecule has 1 atom stereocenters. The number of aromatic nitrogens is 3. The van der Waals surface area contributed by atoms with E-state index in [0.29, 0.717) is 29.6 Å². The largest absolute Gasteiger partial charge is 0.493 e. The van der Waals surface area contributed by atoms with E-state index in [4.69, 9.17) is 15.2 Å². The van der Waals surface area contributed by atoms with E-state index in [9.17, 15) is 4.79 Å². The molecule has 27 heavy (non-hydrogen) atoms. The first-order chi connectivity index (χ1) is 12.3. The lowest BCUT2D eigenvalue weighted by atomic mass is 10.1. The Morgan fingerprint density at radius 1 is 1.22 bits per heavy atom. The van der Waals surface area contributed by atoms with Crippen LogP contribution < -0.4 is 20.5 Å². The van der Waals surface area contributed by atoms with Gasteiger partial charge in [-0.25, -0.2) is 9.67 Å². The minimum absolute atomic E-state index is 0. The number of amides is 1. The summed E-state index contributed by atoms with van der Waals surface area (Å²) in [6, 6.07) is 5.40. The van der Waals surface area contributed by atoms with Crippen molar-refractivity contribution in [1.29, 1.82) is 0 Å². The minimum atomic E-state index is -0.325. The maximum Gasteiger partial charge on any atom is 0.242 e. The van der Waals surface area contributed by atoms with Crippen LogP contribution in [0, 0.1) is 0 Å². The third-order valence-corrected chi connectivity index (χ3v) is 3.70. The Labute approximate surface area is 165 Å². The van der Waals surface area contributed by atoms with E-state index in [1.807, 2.05) is 39.0 Å². The van der Waals surface area contributed by atoms with Crippen LogP contribution in [0.25, 0.3) is 0 Å². The number of halogens is 1. The maximum atomic E-state index is 12.0. The quantitative estimate of drug-likeness (QED) is 0.704. The van der Waals surface area contributed by atoms with Crippen LogP contribution in [0.4, 0.5) is 0 Å². The zero-order valence-electron chi connectivity index (χ0n) is 16.4. The minimum Gasteiger partial charge on any atom is -0.493 e. The molecule has 2 aromatic rings. The molecule has 0 fully saturated rings. The molecule has 8 nitrogen and oxygen atoms in total. The van der Waals surface area contributed by atoms with Gasteiger partial charge in [0.2, 0.25) is 5.91 Å². The molecule has 150 valence electrons. The number of carbonyl (C=O) groups excluding carboxylic acids is 1. The highest BCUT2D eigenvalue weighted by Gasteiger charge is 2.17. The molecule has 1 heterocycles. The number of benzene rings is 1. The summed E-state index contributed by atoms with van der Waals surface area (Å²) in [6.07, 6.45) is 0.499. The van der Waals surface area contributed by atoms with Crippen LogP contribution >= 0.6 is 12.4 Å². The van der Waals surface area contributed by atoms with Crippen molar-refractivity contribution in [2.45, 2.75) is 45.8 Å². The first kappa shape index (κ1) is 22.7. The van der Waals surface area contributed by atoms with Gasteiger partial charge in [0.25, 0.3) is 0 Å². The van der Waals surface area contributed by atoms with E-state index < -0.39 is 0 Å². The number of ether oxygens (including phenoxy) is 2. The summed E-state index contributed by atoms with van der Waals surface area (Å²) in [7, 11) is 3.19. The van der Waals surface area contributed by atoms with Crippen LogP contribution in [0.15, 0.2) is 18.2 Å². The van der Waals surface area contributed by atoms with Gasteiger partial charge < -0.3 is 20.5 Å². The van der Waals surface area contributed by atoms with Crippen molar-refractivity contribution in [3.63, 3.8) is 0 Å². The molecule has 0 spiro atoms. The number of methoxy groups -OCH3 is 2. The Kier molecular flexibility index (Phi) is 8.52. The van der Waals surface area contributed by atoms with Crippen LogP contribution in [0.1, 0.15) is 44.0 Å². The maximum absolute atomic E-state index is 12.0. The molecule has 0 aliphatic heterocycles. The second-order valence-corrected chi connectivity index (χ2v) is 6.42. The van der Waals surface area contributed by atoms with Crippen molar-refractivity contribution in [3.05, 3.63) is 35.4 Å². The van der Waals surface area contributed by atoms with Crippen molar-refractivity contribution in [2.75, 3.05) is 14.2 Å². The molecule has 9 heteroatoms. The van der Waals surface area contributed by atoms with Crippen molar-refractivity contribution < 1.29 is 14.3 Å². The van der Waals surface area contributed by atoms with Gasteiger partial charge in [-0.15, -0.1) is 12.4 Å². The van der Waals surface area contributed by atoms with Gasteiger partial charge in [-0.1, -0.05) is 6.07 Å². The molecule has 0 aliphatic carbocycles. The Hall–Kier alpha value is -2.32. The third kappa shape index (κ3) is 6.11. The predicted molar refractivity (Wildman–Crippen MR) is 106 cm³/mol. The van der Waals surface area contributed by atoms with Crippen LogP contribution in [-0.2, 0) is 17.8 Å². The monoisotopic (exact) mass is 397 g/mol. The second-order valence-electron chi connectivity index (χ2n) is 6.42. The molecule has 0 saturated carbocycles. The second kappa shape index (κ2) is 10.1. The molecule has 0 unspecified atom stereocenters. The van der Waals surface area contributed by atoms with Crippen molar-refractivity contribution in [2.24, 2.45) is 5.73 Å². The standard InChI is InChI=1S/C18H27N5O3.ClH/c1-11(2)20-17(24)10-23-18(12(3)19)21-16(22-23)9-13-6-7-14(25-4)15(8-13)26-5;/h6-8,11-12H,9-10,19H2,1-5H3,(H,20,24);1H/t12-;/m1./s1. The van der Waals surface area contributed by atoms with Crippen molar-refractivity contribution in [1.82, 2.24) is 20.1 Å². The van der Waals surface area contributed by atoms with Gasteiger partial charge in [0.1, 0.15) is 12.4 Å². The summed E-state index contributed by atoms with van der Waals surface area (Å²) in [4.78, 5) is 16.6.